The van der Waals surface area contributed by atoms with Crippen molar-refractivity contribution in [3.8, 4) is 0 Å². The van der Waals surface area contributed by atoms with Crippen LogP contribution in [0.3, 0.4) is 0 Å². The zero-order valence-electron chi connectivity index (χ0n) is 20.2. The highest BCUT2D eigenvalue weighted by Gasteiger charge is 2.12. The van der Waals surface area contributed by atoms with E-state index in [9.17, 15) is 14.4 Å². The summed E-state index contributed by atoms with van der Waals surface area (Å²) in [6.07, 6.45) is 3.69. The number of nitrogens with zero attached hydrogens (tertiary/aromatic N) is 5. The number of aromatic nitrogens is 4. The van der Waals surface area contributed by atoms with Crippen LogP contribution in [0.25, 0.3) is 0 Å². The van der Waals surface area contributed by atoms with E-state index in [1.54, 1.807) is 41.6 Å². The minimum Gasteiger partial charge on any atom is -0.480 e. The Bertz CT molecular complexity index is 1270. The molecule has 0 aliphatic rings. The number of hydrogen-bond donors (Lipinski definition) is 3. The van der Waals surface area contributed by atoms with E-state index in [2.05, 4.69) is 19.9 Å². The molecule has 4 aromatic heterocycles. The third-order valence-corrected chi connectivity index (χ3v) is 5.00. The van der Waals surface area contributed by atoms with Crippen LogP contribution in [0.15, 0.2) is 85.2 Å². The summed E-state index contributed by atoms with van der Waals surface area (Å²) in [6.45, 7) is 0.945. The molecule has 0 spiro atoms. The Morgan fingerprint density at radius 2 is 1.05 bits per heavy atom. The van der Waals surface area contributed by atoms with Gasteiger partial charge in [0.05, 0.1) is 17.9 Å². The molecule has 0 amide bonds. The average molecular weight is 516 g/mol. The standard InChI is InChI=1S/C14H15N3O2.C13H10N2O4/c18-14(19)11-17(9-12-5-1-3-7-15-12)10-13-6-2-4-8-16-13;16-12(17)10-5-1-3-8(14-10)7-9-4-2-6-11(15-9)13(18)19/h1-8H,9-11H2,(H,18,19);1-6H,7H2,(H,16,17)(H,18,19). The Morgan fingerprint density at radius 1 is 0.605 bits per heavy atom. The van der Waals surface area contributed by atoms with Gasteiger partial charge in [-0.3, -0.25) is 19.7 Å². The van der Waals surface area contributed by atoms with E-state index in [0.29, 0.717) is 24.5 Å². The molecule has 0 aliphatic carbocycles. The predicted octanol–water partition coefficient (Wildman–Crippen LogP) is 3.03. The minimum absolute atomic E-state index is 0.0346. The monoisotopic (exact) mass is 515 g/mol. The van der Waals surface area contributed by atoms with E-state index in [4.69, 9.17) is 15.3 Å². The zero-order chi connectivity index (χ0) is 27.3. The lowest BCUT2D eigenvalue weighted by molar-refractivity contribution is -0.138. The van der Waals surface area contributed by atoms with Crippen molar-refractivity contribution in [1.82, 2.24) is 24.8 Å². The number of hydrogen-bond acceptors (Lipinski definition) is 8. The predicted molar refractivity (Wildman–Crippen MR) is 135 cm³/mol. The molecule has 0 unspecified atom stereocenters. The molecule has 11 heteroatoms. The normalized spacial score (nSPS) is 10.3. The van der Waals surface area contributed by atoms with Crippen LogP contribution in [-0.2, 0) is 24.3 Å². The summed E-state index contributed by atoms with van der Waals surface area (Å²) in [7, 11) is 0. The highest BCUT2D eigenvalue weighted by atomic mass is 16.4. The number of carbonyl (C=O) groups is 3. The van der Waals surface area contributed by atoms with Gasteiger partial charge in [-0.1, -0.05) is 24.3 Å². The molecule has 194 valence electrons. The molecule has 0 radical (unpaired) electrons. The first-order chi connectivity index (χ1) is 18.3. The first kappa shape index (κ1) is 27.6. The summed E-state index contributed by atoms with van der Waals surface area (Å²) in [4.78, 5) is 50.6. The molecule has 0 atom stereocenters. The first-order valence-corrected chi connectivity index (χ1v) is 11.4. The highest BCUT2D eigenvalue weighted by Crippen LogP contribution is 2.08. The fourth-order valence-electron chi connectivity index (χ4n) is 3.38. The molecule has 0 saturated heterocycles. The van der Waals surface area contributed by atoms with Gasteiger partial charge in [-0.05, 0) is 48.5 Å². The molecule has 0 fully saturated rings. The van der Waals surface area contributed by atoms with Crippen molar-refractivity contribution < 1.29 is 29.7 Å². The number of pyridine rings is 4. The van der Waals surface area contributed by atoms with Crippen molar-refractivity contribution in [3.05, 3.63) is 119 Å². The van der Waals surface area contributed by atoms with E-state index in [1.807, 2.05) is 36.4 Å². The summed E-state index contributed by atoms with van der Waals surface area (Å²) in [6, 6.07) is 20.5. The van der Waals surface area contributed by atoms with Crippen molar-refractivity contribution in [2.24, 2.45) is 0 Å². The molecule has 0 saturated carbocycles. The van der Waals surface area contributed by atoms with Crippen LogP contribution in [0.1, 0.15) is 43.8 Å². The lowest BCUT2D eigenvalue weighted by Crippen LogP contribution is -2.29. The van der Waals surface area contributed by atoms with Crippen molar-refractivity contribution in [2.45, 2.75) is 19.5 Å². The van der Waals surface area contributed by atoms with E-state index in [1.165, 1.54) is 12.1 Å². The van der Waals surface area contributed by atoms with Gasteiger partial charge in [0, 0.05) is 43.3 Å². The largest absolute Gasteiger partial charge is 0.480 e. The number of carboxylic acid groups (broad SMARTS) is 3. The van der Waals surface area contributed by atoms with Gasteiger partial charge in [-0.2, -0.15) is 0 Å². The summed E-state index contributed by atoms with van der Waals surface area (Å²) >= 11 is 0. The van der Waals surface area contributed by atoms with Crippen molar-refractivity contribution in [3.63, 3.8) is 0 Å². The van der Waals surface area contributed by atoms with Gasteiger partial charge in [-0.15, -0.1) is 0 Å². The maximum absolute atomic E-state index is 10.9. The van der Waals surface area contributed by atoms with Crippen LogP contribution < -0.4 is 0 Å². The van der Waals surface area contributed by atoms with Crippen LogP contribution in [0.5, 0.6) is 0 Å². The smallest absolute Gasteiger partial charge is 0.354 e. The number of rotatable bonds is 10. The van der Waals surface area contributed by atoms with Gasteiger partial charge in [0.15, 0.2) is 0 Å². The van der Waals surface area contributed by atoms with Gasteiger partial charge >= 0.3 is 17.9 Å². The molecule has 0 aliphatic heterocycles. The Kier molecular flexibility index (Phi) is 10.1. The molecule has 38 heavy (non-hydrogen) atoms. The molecule has 11 nitrogen and oxygen atoms in total. The van der Waals surface area contributed by atoms with E-state index in [0.717, 1.165) is 11.4 Å². The zero-order valence-corrected chi connectivity index (χ0v) is 20.2. The van der Waals surface area contributed by atoms with E-state index in [-0.39, 0.29) is 24.4 Å². The minimum atomic E-state index is -1.10. The molecule has 0 bridgehead atoms. The quantitative estimate of drug-likeness (QED) is 0.284. The van der Waals surface area contributed by atoms with Crippen LogP contribution in [0.2, 0.25) is 0 Å². The van der Waals surface area contributed by atoms with Crippen molar-refractivity contribution in [2.75, 3.05) is 6.54 Å². The Morgan fingerprint density at radius 3 is 1.42 bits per heavy atom. The number of aliphatic carboxylic acids is 1. The van der Waals surface area contributed by atoms with Crippen molar-refractivity contribution in [1.29, 1.82) is 0 Å². The van der Waals surface area contributed by atoms with Gasteiger partial charge in [0.1, 0.15) is 11.4 Å². The Balaban J connectivity index is 0.000000211. The molecular weight excluding hydrogens is 490 g/mol. The molecule has 3 N–H and O–H groups in total. The van der Waals surface area contributed by atoms with Crippen LogP contribution in [0.4, 0.5) is 0 Å². The van der Waals surface area contributed by atoms with Gasteiger partial charge < -0.3 is 15.3 Å². The van der Waals surface area contributed by atoms with Crippen molar-refractivity contribution >= 4 is 17.9 Å². The third kappa shape index (κ3) is 9.21. The molecule has 4 aromatic rings. The fraction of sp³-hybridized carbons (Fsp3) is 0.148. The molecule has 0 aromatic carbocycles. The maximum atomic E-state index is 10.9. The Labute approximate surface area is 218 Å². The summed E-state index contributed by atoms with van der Waals surface area (Å²) in [5, 5.41) is 26.6. The van der Waals surface area contributed by atoms with Gasteiger partial charge in [-0.25, -0.2) is 19.6 Å². The number of aromatic carboxylic acids is 2. The SMILES string of the molecule is O=C(O)CN(Cc1ccccn1)Cc1ccccn1.O=C(O)c1cccc(Cc2cccc(C(=O)O)n2)n1. The van der Waals surface area contributed by atoms with Gasteiger partial charge in [0.25, 0.3) is 0 Å². The number of carboxylic acids is 3. The lowest BCUT2D eigenvalue weighted by Gasteiger charge is -2.19. The van der Waals surface area contributed by atoms with E-state index < -0.39 is 17.9 Å². The molecule has 4 heterocycles. The third-order valence-electron chi connectivity index (χ3n) is 5.00. The fourth-order valence-corrected chi connectivity index (χ4v) is 3.38. The maximum Gasteiger partial charge on any atom is 0.354 e. The van der Waals surface area contributed by atoms with Gasteiger partial charge in [0.2, 0.25) is 0 Å². The first-order valence-electron chi connectivity index (χ1n) is 11.4. The second kappa shape index (κ2) is 13.9. The summed E-state index contributed by atoms with van der Waals surface area (Å²) < 4.78 is 0. The highest BCUT2D eigenvalue weighted by molar-refractivity contribution is 5.85. The van der Waals surface area contributed by atoms with Crippen LogP contribution >= 0.6 is 0 Å². The van der Waals surface area contributed by atoms with Crippen LogP contribution in [0, 0.1) is 0 Å². The average Bonchev–Trinajstić information content (AvgIpc) is 2.90. The second-order valence-electron chi connectivity index (χ2n) is 8.00. The lowest BCUT2D eigenvalue weighted by atomic mass is 10.2. The topological polar surface area (TPSA) is 167 Å². The summed E-state index contributed by atoms with van der Waals surface area (Å²) in [5.41, 5.74) is 2.64. The summed E-state index contributed by atoms with van der Waals surface area (Å²) in [5.74, 6) is -3.06. The second-order valence-corrected chi connectivity index (χ2v) is 8.00. The Hall–Kier alpha value is -5.03. The molecule has 4 rings (SSSR count). The van der Waals surface area contributed by atoms with Crippen LogP contribution in [-0.4, -0.2) is 64.6 Å². The molecular formula is C27H25N5O6. The van der Waals surface area contributed by atoms with E-state index >= 15 is 0 Å².